The molecule has 0 aliphatic heterocycles. The minimum absolute atomic E-state index is 0.0140. The molecule has 0 amide bonds. The number of rotatable bonds is 11. The van der Waals surface area contributed by atoms with E-state index in [-0.39, 0.29) is 46.2 Å². The molecule has 0 aromatic heterocycles. The third-order valence-electron chi connectivity index (χ3n) is 6.82. The molecule has 0 spiro atoms. The van der Waals surface area contributed by atoms with Crippen LogP contribution in [0.25, 0.3) is 21.5 Å². The molecule has 0 saturated heterocycles. The molecule has 0 fully saturated rings. The Morgan fingerprint density at radius 3 is 1.85 bits per heavy atom. The maximum absolute atomic E-state index is 12.3. The first-order valence-corrected chi connectivity index (χ1v) is 15.0. The van der Waals surface area contributed by atoms with E-state index >= 15 is 0 Å². The number of aliphatic carboxylic acids is 1. The van der Waals surface area contributed by atoms with Gasteiger partial charge >= 0.3 is 17.9 Å². The summed E-state index contributed by atoms with van der Waals surface area (Å²) >= 11 is 0. The van der Waals surface area contributed by atoms with Gasteiger partial charge in [-0.2, -0.15) is 13.5 Å². The normalized spacial score (nSPS) is 11.9. The van der Waals surface area contributed by atoms with Gasteiger partial charge in [-0.15, -0.1) is 15.3 Å². The van der Waals surface area contributed by atoms with Crippen LogP contribution < -0.4 is 5.32 Å². The van der Waals surface area contributed by atoms with Crippen molar-refractivity contribution in [2.75, 3.05) is 11.9 Å². The number of aromatic hydroxyl groups is 1. The summed E-state index contributed by atoms with van der Waals surface area (Å²) in [7, 11) is -4.88. The second-order valence-corrected chi connectivity index (χ2v) is 11.4. The average Bonchev–Trinajstić information content (AvgIpc) is 3.02. The number of nitrogens with zero attached hydrogens (tertiary/aromatic N) is 4. The molecule has 0 saturated carbocycles. The number of nitrogens with one attached hydrogen (secondary N) is 1. The SMILES string of the molecule is O=C(O)CCNc1ccc2cc(S(=O)(=O)O)c(N=Nc3ccc(N=Nc4cc(C(=O)O)cc(C(=O)O)c4)c4ccccc34)c(O)c2c1. The Hall–Kier alpha value is -6.26. The molecule has 238 valence electrons. The molecular weight excluding hydrogens is 634 g/mol. The lowest BCUT2D eigenvalue weighted by atomic mass is 10.1. The quantitative estimate of drug-likeness (QED) is 0.0619. The average molecular weight is 658 g/mol. The van der Waals surface area contributed by atoms with Crippen LogP contribution in [0.2, 0.25) is 0 Å². The summed E-state index contributed by atoms with van der Waals surface area (Å²) in [5, 5.41) is 59.3. The number of carboxylic acids is 3. The summed E-state index contributed by atoms with van der Waals surface area (Å²) < 4.78 is 34.5. The second-order valence-electron chi connectivity index (χ2n) is 9.98. The maximum Gasteiger partial charge on any atom is 0.335 e. The highest BCUT2D eigenvalue weighted by atomic mass is 32.2. The van der Waals surface area contributed by atoms with E-state index < -0.39 is 44.4 Å². The highest BCUT2D eigenvalue weighted by Crippen LogP contribution is 2.43. The highest BCUT2D eigenvalue weighted by molar-refractivity contribution is 7.86. The molecule has 0 bridgehead atoms. The Labute approximate surface area is 264 Å². The van der Waals surface area contributed by atoms with Crippen molar-refractivity contribution in [2.24, 2.45) is 20.5 Å². The Kier molecular flexibility index (Phi) is 8.89. The third-order valence-corrected chi connectivity index (χ3v) is 7.69. The first-order chi connectivity index (χ1) is 22.3. The fraction of sp³-hybridized carbons (Fsp3) is 0.0645. The van der Waals surface area contributed by atoms with Gasteiger partial charge in [0.2, 0.25) is 0 Å². The lowest BCUT2D eigenvalue weighted by molar-refractivity contribution is -0.136. The fourth-order valence-electron chi connectivity index (χ4n) is 4.63. The van der Waals surface area contributed by atoms with Crippen LogP contribution in [-0.4, -0.2) is 57.8 Å². The van der Waals surface area contributed by atoms with Crippen molar-refractivity contribution in [3.05, 3.63) is 90.0 Å². The second kappa shape index (κ2) is 13.0. The summed E-state index contributed by atoms with van der Waals surface area (Å²) in [5.41, 5.74) is -0.167. The Bertz CT molecular complexity index is 2240. The molecule has 0 unspecified atom stereocenters. The Balaban J connectivity index is 1.55. The van der Waals surface area contributed by atoms with Crippen molar-refractivity contribution in [2.45, 2.75) is 11.3 Å². The molecule has 0 heterocycles. The van der Waals surface area contributed by atoms with E-state index in [9.17, 15) is 42.7 Å². The summed E-state index contributed by atoms with van der Waals surface area (Å²) in [6, 6.07) is 18.7. The standard InChI is InChI=1S/C31H23N5O10S/c37-27(38)9-10-32-19-6-5-16-14-26(47(44,45)46)28(29(39)23(16)15-19)36-35-25-8-7-24(21-3-1-2-4-22(21)25)34-33-20-12-17(30(40)41)11-18(13-20)31(42)43/h1-8,11-15,32,39H,9-10H2,(H,37,38)(H,40,41)(H,42,43)(H,44,45,46). The molecule has 5 aromatic carbocycles. The molecule has 5 rings (SSSR count). The molecule has 6 N–H and O–H groups in total. The van der Waals surface area contributed by atoms with E-state index in [1.54, 1.807) is 30.3 Å². The van der Waals surface area contributed by atoms with Crippen molar-refractivity contribution in [1.82, 2.24) is 0 Å². The number of hydrogen-bond donors (Lipinski definition) is 6. The Morgan fingerprint density at radius 2 is 1.30 bits per heavy atom. The van der Waals surface area contributed by atoms with E-state index in [2.05, 4.69) is 25.8 Å². The zero-order valence-electron chi connectivity index (χ0n) is 23.9. The number of benzene rings is 5. The van der Waals surface area contributed by atoms with Crippen molar-refractivity contribution < 1.29 is 47.8 Å². The fourth-order valence-corrected chi connectivity index (χ4v) is 5.29. The summed E-state index contributed by atoms with van der Waals surface area (Å²) in [4.78, 5) is 33.0. The van der Waals surface area contributed by atoms with Gasteiger partial charge in [0.1, 0.15) is 10.6 Å². The summed E-state index contributed by atoms with van der Waals surface area (Å²) in [6.45, 7) is 0.0952. The molecule has 15 nitrogen and oxygen atoms in total. The van der Waals surface area contributed by atoms with Gasteiger partial charge in [-0.1, -0.05) is 30.3 Å². The van der Waals surface area contributed by atoms with Gasteiger partial charge in [0.25, 0.3) is 10.1 Å². The van der Waals surface area contributed by atoms with Gasteiger partial charge in [-0.3, -0.25) is 9.35 Å². The molecular formula is C31H23N5O10S. The van der Waals surface area contributed by atoms with Crippen LogP contribution in [0.3, 0.4) is 0 Å². The van der Waals surface area contributed by atoms with E-state index in [1.165, 1.54) is 36.4 Å². The lowest BCUT2D eigenvalue weighted by Crippen LogP contribution is -2.07. The first-order valence-electron chi connectivity index (χ1n) is 13.5. The van der Waals surface area contributed by atoms with Gasteiger partial charge in [0.15, 0.2) is 5.75 Å². The first kappa shape index (κ1) is 32.1. The predicted molar refractivity (Wildman–Crippen MR) is 169 cm³/mol. The van der Waals surface area contributed by atoms with Crippen LogP contribution in [-0.2, 0) is 14.9 Å². The number of carbonyl (C=O) groups is 3. The van der Waals surface area contributed by atoms with Gasteiger partial charge < -0.3 is 25.7 Å². The summed E-state index contributed by atoms with van der Waals surface area (Å²) in [5.74, 6) is -4.29. The number of anilines is 1. The zero-order valence-corrected chi connectivity index (χ0v) is 24.7. The van der Waals surface area contributed by atoms with E-state index in [1.807, 2.05) is 0 Å². The van der Waals surface area contributed by atoms with E-state index in [0.29, 0.717) is 22.1 Å². The molecule has 0 radical (unpaired) electrons. The van der Waals surface area contributed by atoms with Gasteiger partial charge in [-0.25, -0.2) is 9.59 Å². The monoisotopic (exact) mass is 657 g/mol. The van der Waals surface area contributed by atoms with Crippen molar-refractivity contribution in [3.8, 4) is 5.75 Å². The van der Waals surface area contributed by atoms with Crippen molar-refractivity contribution >= 4 is 78.0 Å². The third kappa shape index (κ3) is 7.19. The van der Waals surface area contributed by atoms with E-state index in [0.717, 1.165) is 12.1 Å². The largest absolute Gasteiger partial charge is 0.505 e. The van der Waals surface area contributed by atoms with Crippen molar-refractivity contribution in [1.29, 1.82) is 0 Å². The number of azo groups is 2. The predicted octanol–water partition coefficient (Wildman–Crippen LogP) is 7.06. The number of fused-ring (bicyclic) bond motifs is 2. The van der Waals surface area contributed by atoms with Crippen LogP contribution in [0.1, 0.15) is 27.1 Å². The van der Waals surface area contributed by atoms with Gasteiger partial charge in [-0.05, 0) is 53.9 Å². The van der Waals surface area contributed by atoms with Crippen LogP contribution in [0, 0.1) is 0 Å². The van der Waals surface area contributed by atoms with Crippen LogP contribution in [0.15, 0.2) is 104 Å². The zero-order chi connectivity index (χ0) is 33.9. The number of phenols is 1. The number of aromatic carboxylic acids is 2. The van der Waals surface area contributed by atoms with Crippen LogP contribution in [0.4, 0.5) is 28.4 Å². The highest BCUT2D eigenvalue weighted by Gasteiger charge is 2.22. The molecule has 0 aliphatic carbocycles. The lowest BCUT2D eigenvalue weighted by Gasteiger charge is -2.11. The summed E-state index contributed by atoms with van der Waals surface area (Å²) in [6.07, 6.45) is -0.164. The maximum atomic E-state index is 12.3. The number of hydrogen-bond acceptors (Lipinski definition) is 11. The molecule has 16 heteroatoms. The molecule has 0 atom stereocenters. The number of carboxylic acid groups (broad SMARTS) is 3. The van der Waals surface area contributed by atoms with Gasteiger partial charge in [0.05, 0.1) is 34.6 Å². The number of phenolic OH excluding ortho intramolecular Hbond substituents is 1. The van der Waals surface area contributed by atoms with Crippen LogP contribution in [0.5, 0.6) is 5.75 Å². The molecule has 47 heavy (non-hydrogen) atoms. The molecule has 5 aromatic rings. The Morgan fingerprint density at radius 1 is 0.702 bits per heavy atom. The van der Waals surface area contributed by atoms with Crippen LogP contribution >= 0.6 is 0 Å². The smallest absolute Gasteiger partial charge is 0.335 e. The van der Waals surface area contributed by atoms with Crippen molar-refractivity contribution in [3.63, 3.8) is 0 Å². The topological polar surface area (TPSA) is 248 Å². The van der Waals surface area contributed by atoms with Gasteiger partial charge in [0, 0.05) is 28.4 Å². The minimum atomic E-state index is -4.88. The minimum Gasteiger partial charge on any atom is -0.505 e. The molecule has 0 aliphatic rings. The van der Waals surface area contributed by atoms with E-state index in [4.69, 9.17) is 5.11 Å².